The second-order valence-corrected chi connectivity index (χ2v) is 4.32. The van der Waals surface area contributed by atoms with Gasteiger partial charge in [-0.15, -0.1) is 0 Å². The molecule has 0 bridgehead atoms. The van der Waals surface area contributed by atoms with Crippen LogP contribution in [-0.2, 0) is 6.54 Å². The van der Waals surface area contributed by atoms with E-state index in [1.807, 2.05) is 13.8 Å². The zero-order valence-corrected chi connectivity index (χ0v) is 11.2. The summed E-state index contributed by atoms with van der Waals surface area (Å²) in [4.78, 5) is 0. The molecular formula is C14H17FN2O2. The van der Waals surface area contributed by atoms with Crippen LogP contribution >= 0.6 is 0 Å². The van der Waals surface area contributed by atoms with Crippen LogP contribution in [0.5, 0.6) is 5.75 Å². The lowest BCUT2D eigenvalue weighted by molar-refractivity contribution is 0.207. The van der Waals surface area contributed by atoms with Gasteiger partial charge in [-0.05, 0) is 37.6 Å². The van der Waals surface area contributed by atoms with E-state index in [0.717, 1.165) is 5.69 Å². The Labute approximate surface area is 111 Å². The summed E-state index contributed by atoms with van der Waals surface area (Å²) in [7, 11) is 1.41. The van der Waals surface area contributed by atoms with Gasteiger partial charge in [0.15, 0.2) is 11.6 Å². The highest BCUT2D eigenvalue weighted by atomic mass is 19.1. The first-order valence-electron chi connectivity index (χ1n) is 6.12. The van der Waals surface area contributed by atoms with Gasteiger partial charge in [-0.2, -0.15) is 5.10 Å². The smallest absolute Gasteiger partial charge is 0.165 e. The summed E-state index contributed by atoms with van der Waals surface area (Å²) in [5.41, 5.74) is 1.96. The second kappa shape index (κ2) is 5.40. The summed E-state index contributed by atoms with van der Waals surface area (Å²) in [5, 5.41) is 14.6. The van der Waals surface area contributed by atoms with E-state index in [1.165, 1.54) is 19.2 Å². The molecule has 0 aliphatic carbocycles. The average Bonchev–Trinajstić information content (AvgIpc) is 2.79. The van der Waals surface area contributed by atoms with Crippen LogP contribution < -0.4 is 4.74 Å². The van der Waals surface area contributed by atoms with Crippen molar-refractivity contribution in [3.63, 3.8) is 0 Å². The van der Waals surface area contributed by atoms with Crippen molar-refractivity contribution in [2.24, 2.45) is 0 Å². The van der Waals surface area contributed by atoms with Gasteiger partial charge in [0.2, 0.25) is 0 Å². The molecule has 0 saturated heterocycles. The number of nitrogens with zero attached hydrogens (tertiary/aromatic N) is 2. The number of aromatic nitrogens is 2. The van der Waals surface area contributed by atoms with E-state index < -0.39 is 11.9 Å². The summed E-state index contributed by atoms with van der Waals surface area (Å²) in [5.74, 6) is -0.325. The molecule has 0 radical (unpaired) electrons. The van der Waals surface area contributed by atoms with E-state index in [-0.39, 0.29) is 5.75 Å². The first-order valence-corrected chi connectivity index (χ1v) is 6.12. The zero-order chi connectivity index (χ0) is 14.0. The first kappa shape index (κ1) is 13.5. The fourth-order valence-electron chi connectivity index (χ4n) is 2.06. The lowest BCUT2D eigenvalue weighted by Gasteiger charge is -2.13. The molecule has 1 heterocycles. The number of ether oxygens (including phenoxy) is 1. The molecule has 0 aliphatic rings. The van der Waals surface area contributed by atoms with Crippen molar-refractivity contribution in [1.82, 2.24) is 9.78 Å². The third kappa shape index (κ3) is 2.61. The number of hydrogen-bond acceptors (Lipinski definition) is 3. The van der Waals surface area contributed by atoms with Crippen molar-refractivity contribution < 1.29 is 14.2 Å². The Morgan fingerprint density at radius 2 is 2.16 bits per heavy atom. The third-order valence-electron chi connectivity index (χ3n) is 3.00. The summed E-state index contributed by atoms with van der Waals surface area (Å²) in [6.07, 6.45) is -0.901. The number of benzene rings is 1. The maximum absolute atomic E-state index is 13.7. The number of hydrogen-bond donors (Lipinski definition) is 1. The van der Waals surface area contributed by atoms with Crippen LogP contribution in [0, 0.1) is 12.7 Å². The van der Waals surface area contributed by atoms with Gasteiger partial charge in [0.1, 0.15) is 6.10 Å². The fraction of sp³-hybridized carbons (Fsp3) is 0.357. The van der Waals surface area contributed by atoms with E-state index in [2.05, 4.69) is 5.10 Å². The quantitative estimate of drug-likeness (QED) is 0.922. The van der Waals surface area contributed by atoms with E-state index in [4.69, 9.17) is 4.74 Å². The molecule has 1 unspecified atom stereocenters. The molecule has 0 spiro atoms. The molecule has 1 N–H and O–H groups in total. The number of aliphatic hydroxyl groups excluding tert-OH is 1. The molecule has 19 heavy (non-hydrogen) atoms. The molecule has 0 amide bonds. The molecule has 5 heteroatoms. The number of rotatable bonds is 4. The first-order chi connectivity index (χ1) is 9.06. The molecular weight excluding hydrogens is 247 g/mol. The molecule has 0 saturated carbocycles. The minimum Gasteiger partial charge on any atom is -0.494 e. The van der Waals surface area contributed by atoms with Crippen LogP contribution in [0.3, 0.4) is 0 Å². The lowest BCUT2D eigenvalue weighted by Crippen LogP contribution is -2.09. The van der Waals surface area contributed by atoms with E-state index >= 15 is 0 Å². The Balaban J connectivity index is 2.38. The largest absolute Gasteiger partial charge is 0.494 e. The highest BCUT2D eigenvalue weighted by Crippen LogP contribution is 2.26. The number of halogens is 1. The van der Waals surface area contributed by atoms with Gasteiger partial charge in [-0.25, -0.2) is 4.39 Å². The standard InChI is InChI=1S/C14H17FN2O2/c1-4-17-12(7-9(2)16-17)14(18)10-5-6-13(19-3)11(15)8-10/h5-8,14,18H,4H2,1-3H3. The van der Waals surface area contributed by atoms with Gasteiger partial charge in [0.25, 0.3) is 0 Å². The van der Waals surface area contributed by atoms with Crippen molar-refractivity contribution in [3.05, 3.63) is 47.0 Å². The van der Waals surface area contributed by atoms with Crippen LogP contribution in [0.4, 0.5) is 4.39 Å². The Hall–Kier alpha value is -1.88. The summed E-state index contributed by atoms with van der Waals surface area (Å²) >= 11 is 0. The minimum absolute atomic E-state index is 0.163. The Kier molecular flexibility index (Phi) is 3.85. The van der Waals surface area contributed by atoms with E-state index in [9.17, 15) is 9.50 Å². The van der Waals surface area contributed by atoms with Gasteiger partial charge in [0.05, 0.1) is 18.5 Å². The summed E-state index contributed by atoms with van der Waals surface area (Å²) < 4.78 is 20.2. The number of methoxy groups -OCH3 is 1. The predicted molar refractivity (Wildman–Crippen MR) is 69.7 cm³/mol. The third-order valence-corrected chi connectivity index (χ3v) is 3.00. The SMILES string of the molecule is CCn1nc(C)cc1C(O)c1ccc(OC)c(F)c1. The summed E-state index contributed by atoms with van der Waals surface area (Å²) in [6.45, 7) is 4.45. The highest BCUT2D eigenvalue weighted by Gasteiger charge is 2.17. The minimum atomic E-state index is -0.901. The average molecular weight is 264 g/mol. The van der Waals surface area contributed by atoms with E-state index in [0.29, 0.717) is 17.8 Å². The molecule has 0 aliphatic heterocycles. The maximum atomic E-state index is 13.7. The molecule has 102 valence electrons. The van der Waals surface area contributed by atoms with Gasteiger partial charge in [-0.1, -0.05) is 6.07 Å². The topological polar surface area (TPSA) is 47.3 Å². The Morgan fingerprint density at radius 3 is 2.74 bits per heavy atom. The van der Waals surface area contributed by atoms with Crippen LogP contribution in [-0.4, -0.2) is 22.0 Å². The Bertz CT molecular complexity index is 581. The fourth-order valence-corrected chi connectivity index (χ4v) is 2.06. The molecule has 1 atom stereocenters. The molecule has 1 aromatic heterocycles. The predicted octanol–water partition coefficient (Wildman–Crippen LogP) is 2.44. The zero-order valence-electron chi connectivity index (χ0n) is 11.2. The van der Waals surface area contributed by atoms with Gasteiger partial charge >= 0.3 is 0 Å². The normalized spacial score (nSPS) is 12.5. The maximum Gasteiger partial charge on any atom is 0.165 e. The van der Waals surface area contributed by atoms with Crippen molar-refractivity contribution in [2.75, 3.05) is 7.11 Å². The highest BCUT2D eigenvalue weighted by molar-refractivity contribution is 5.33. The molecule has 1 aromatic carbocycles. The van der Waals surface area contributed by atoms with Crippen molar-refractivity contribution >= 4 is 0 Å². The lowest BCUT2D eigenvalue weighted by atomic mass is 10.1. The number of aliphatic hydroxyl groups is 1. The molecule has 2 rings (SSSR count). The van der Waals surface area contributed by atoms with Crippen LogP contribution in [0.2, 0.25) is 0 Å². The second-order valence-electron chi connectivity index (χ2n) is 4.32. The molecule has 2 aromatic rings. The van der Waals surface area contributed by atoms with Crippen LogP contribution in [0.15, 0.2) is 24.3 Å². The van der Waals surface area contributed by atoms with Crippen LogP contribution in [0.25, 0.3) is 0 Å². The monoisotopic (exact) mass is 264 g/mol. The summed E-state index contributed by atoms with van der Waals surface area (Å²) in [6, 6.07) is 6.24. The van der Waals surface area contributed by atoms with Gasteiger partial charge in [-0.3, -0.25) is 4.68 Å². The van der Waals surface area contributed by atoms with Crippen LogP contribution in [0.1, 0.15) is 30.0 Å². The molecule has 0 fully saturated rings. The van der Waals surface area contributed by atoms with Crippen molar-refractivity contribution in [2.45, 2.75) is 26.5 Å². The Morgan fingerprint density at radius 1 is 1.42 bits per heavy atom. The van der Waals surface area contributed by atoms with E-state index in [1.54, 1.807) is 16.8 Å². The van der Waals surface area contributed by atoms with Crippen molar-refractivity contribution in [1.29, 1.82) is 0 Å². The molecule has 4 nitrogen and oxygen atoms in total. The number of aryl methyl sites for hydroxylation is 2. The van der Waals surface area contributed by atoms with Crippen molar-refractivity contribution in [3.8, 4) is 5.75 Å². The van der Waals surface area contributed by atoms with Gasteiger partial charge in [0, 0.05) is 6.54 Å². The van der Waals surface area contributed by atoms with Gasteiger partial charge < -0.3 is 9.84 Å².